The van der Waals surface area contributed by atoms with Crippen LogP contribution in [-0.4, -0.2) is 38.3 Å². The molecule has 2 aromatic rings. The van der Waals surface area contributed by atoms with Crippen molar-refractivity contribution >= 4 is 15.9 Å². The Morgan fingerprint density at radius 1 is 1.07 bits per heavy atom. The van der Waals surface area contributed by atoms with Crippen LogP contribution in [0.25, 0.3) is 0 Å². The summed E-state index contributed by atoms with van der Waals surface area (Å²) in [6.07, 6.45) is 2.97. The van der Waals surface area contributed by atoms with Crippen molar-refractivity contribution in [2.45, 2.75) is 37.5 Å². The van der Waals surface area contributed by atoms with E-state index < -0.39 is 10.0 Å². The van der Waals surface area contributed by atoms with Crippen molar-refractivity contribution < 1.29 is 13.2 Å². The zero-order valence-corrected chi connectivity index (χ0v) is 17.1. The molecule has 3 rings (SSSR count). The summed E-state index contributed by atoms with van der Waals surface area (Å²) in [5.41, 5.74) is 2.53. The quantitative estimate of drug-likeness (QED) is 0.726. The van der Waals surface area contributed by atoms with Crippen LogP contribution in [0, 0.1) is 12.8 Å². The Hall–Kier alpha value is -2.18. The molecule has 2 aromatic carbocycles. The summed E-state index contributed by atoms with van der Waals surface area (Å²) in [7, 11) is -3.46. The topological polar surface area (TPSA) is 66.5 Å². The van der Waals surface area contributed by atoms with Crippen LogP contribution in [0.1, 0.15) is 30.4 Å². The van der Waals surface area contributed by atoms with E-state index in [1.54, 1.807) is 30.3 Å². The van der Waals surface area contributed by atoms with Crippen LogP contribution in [-0.2, 0) is 21.2 Å². The summed E-state index contributed by atoms with van der Waals surface area (Å²) < 4.78 is 26.8. The molecule has 0 radical (unpaired) electrons. The number of carbonyl (C=O) groups is 1. The molecule has 1 amide bonds. The summed E-state index contributed by atoms with van der Waals surface area (Å²) in [5, 5.41) is 3.02. The minimum absolute atomic E-state index is 0.0426. The van der Waals surface area contributed by atoms with Gasteiger partial charge >= 0.3 is 0 Å². The molecule has 0 atom stereocenters. The second-order valence-electron chi connectivity index (χ2n) is 7.38. The zero-order chi connectivity index (χ0) is 20.0. The van der Waals surface area contributed by atoms with Gasteiger partial charge in [-0.05, 0) is 50.3 Å². The van der Waals surface area contributed by atoms with Gasteiger partial charge in [-0.2, -0.15) is 4.31 Å². The second-order valence-corrected chi connectivity index (χ2v) is 9.31. The number of amides is 1. The first-order valence-corrected chi connectivity index (χ1v) is 11.3. The summed E-state index contributed by atoms with van der Waals surface area (Å²) in [6, 6.07) is 16.9. The minimum atomic E-state index is -3.46. The summed E-state index contributed by atoms with van der Waals surface area (Å²) in [6.45, 7) is 3.50. The van der Waals surface area contributed by atoms with E-state index in [4.69, 9.17) is 0 Å². The van der Waals surface area contributed by atoms with Crippen LogP contribution in [0.3, 0.4) is 0 Å². The number of piperidine rings is 1. The SMILES string of the molecule is Cc1cccc(CCCNC(=O)C2CCN(S(=O)(=O)c3ccccc3)CC2)c1. The van der Waals surface area contributed by atoms with Crippen LogP contribution in [0.2, 0.25) is 0 Å². The Morgan fingerprint density at radius 2 is 1.79 bits per heavy atom. The second kappa shape index (κ2) is 9.34. The maximum absolute atomic E-state index is 12.7. The molecule has 1 aliphatic heterocycles. The molecule has 5 nitrogen and oxygen atoms in total. The first kappa shape index (κ1) is 20.6. The predicted octanol–water partition coefficient (Wildman–Crippen LogP) is 3.14. The molecule has 1 heterocycles. The summed E-state index contributed by atoms with van der Waals surface area (Å²) in [4.78, 5) is 12.7. The Balaban J connectivity index is 1.42. The first-order chi connectivity index (χ1) is 13.5. The Morgan fingerprint density at radius 3 is 2.46 bits per heavy atom. The highest BCUT2D eigenvalue weighted by Crippen LogP contribution is 2.23. The van der Waals surface area contributed by atoms with E-state index in [0.717, 1.165) is 12.8 Å². The monoisotopic (exact) mass is 400 g/mol. The maximum atomic E-state index is 12.7. The van der Waals surface area contributed by atoms with E-state index in [2.05, 4.69) is 36.5 Å². The first-order valence-electron chi connectivity index (χ1n) is 9.85. The molecule has 1 aliphatic rings. The number of nitrogens with one attached hydrogen (secondary N) is 1. The number of hydrogen-bond donors (Lipinski definition) is 1. The van der Waals surface area contributed by atoms with E-state index in [-0.39, 0.29) is 11.8 Å². The van der Waals surface area contributed by atoms with Gasteiger partial charge in [0.05, 0.1) is 4.90 Å². The van der Waals surface area contributed by atoms with Crippen molar-refractivity contribution in [1.82, 2.24) is 9.62 Å². The van der Waals surface area contributed by atoms with Crippen molar-refractivity contribution in [3.8, 4) is 0 Å². The molecular weight excluding hydrogens is 372 g/mol. The highest BCUT2D eigenvalue weighted by molar-refractivity contribution is 7.89. The van der Waals surface area contributed by atoms with Crippen molar-refractivity contribution in [1.29, 1.82) is 0 Å². The summed E-state index contributed by atoms with van der Waals surface area (Å²) >= 11 is 0. The number of nitrogens with zero attached hydrogens (tertiary/aromatic N) is 1. The lowest BCUT2D eigenvalue weighted by Gasteiger charge is -2.30. The average Bonchev–Trinajstić information content (AvgIpc) is 2.72. The number of rotatable bonds is 7. The van der Waals surface area contributed by atoms with E-state index in [0.29, 0.717) is 37.4 Å². The van der Waals surface area contributed by atoms with Crippen molar-refractivity contribution in [2.75, 3.05) is 19.6 Å². The highest BCUT2D eigenvalue weighted by Gasteiger charge is 2.31. The highest BCUT2D eigenvalue weighted by atomic mass is 32.2. The van der Waals surface area contributed by atoms with Crippen LogP contribution in [0.4, 0.5) is 0 Å². The fourth-order valence-electron chi connectivity index (χ4n) is 3.62. The normalized spacial score (nSPS) is 16.0. The third-order valence-corrected chi connectivity index (χ3v) is 7.14. The smallest absolute Gasteiger partial charge is 0.243 e. The summed E-state index contributed by atoms with van der Waals surface area (Å²) in [5.74, 6) is -0.0674. The third-order valence-electron chi connectivity index (χ3n) is 5.23. The molecule has 0 spiro atoms. The lowest BCUT2D eigenvalue weighted by molar-refractivity contribution is -0.126. The van der Waals surface area contributed by atoms with Gasteiger partial charge in [0.25, 0.3) is 0 Å². The van der Waals surface area contributed by atoms with Gasteiger partial charge in [0.1, 0.15) is 0 Å². The van der Waals surface area contributed by atoms with E-state index in [1.807, 2.05) is 0 Å². The lowest BCUT2D eigenvalue weighted by Crippen LogP contribution is -2.43. The molecule has 0 saturated carbocycles. The van der Waals surface area contributed by atoms with Crippen molar-refractivity contribution in [2.24, 2.45) is 5.92 Å². The molecule has 1 N–H and O–H groups in total. The lowest BCUT2D eigenvalue weighted by atomic mass is 9.97. The Bertz CT molecular complexity index is 889. The van der Waals surface area contributed by atoms with E-state index >= 15 is 0 Å². The van der Waals surface area contributed by atoms with Gasteiger partial charge in [-0.15, -0.1) is 0 Å². The minimum Gasteiger partial charge on any atom is -0.356 e. The molecule has 0 bridgehead atoms. The van der Waals surface area contributed by atoms with Gasteiger partial charge in [0.2, 0.25) is 15.9 Å². The van der Waals surface area contributed by atoms with Crippen molar-refractivity contribution in [3.05, 3.63) is 65.7 Å². The van der Waals surface area contributed by atoms with Crippen LogP contribution in [0.5, 0.6) is 0 Å². The zero-order valence-electron chi connectivity index (χ0n) is 16.3. The molecule has 0 unspecified atom stereocenters. The molecule has 150 valence electrons. The van der Waals surface area contributed by atoms with Gasteiger partial charge < -0.3 is 5.32 Å². The third kappa shape index (κ3) is 5.20. The van der Waals surface area contributed by atoms with Gasteiger partial charge in [-0.3, -0.25) is 4.79 Å². The van der Waals surface area contributed by atoms with E-state index in [1.165, 1.54) is 15.4 Å². The maximum Gasteiger partial charge on any atom is 0.243 e. The van der Waals surface area contributed by atoms with Crippen molar-refractivity contribution in [3.63, 3.8) is 0 Å². The standard InChI is InChI=1S/C22H28N2O3S/c1-18-7-5-8-19(17-18)9-6-14-23-22(25)20-12-15-24(16-13-20)28(26,27)21-10-3-2-4-11-21/h2-5,7-8,10-11,17,20H,6,9,12-16H2,1H3,(H,23,25). The van der Waals surface area contributed by atoms with Gasteiger partial charge in [-0.25, -0.2) is 8.42 Å². The molecule has 6 heteroatoms. The number of sulfonamides is 1. The Labute approximate surface area is 167 Å². The molecule has 0 aliphatic carbocycles. The fourth-order valence-corrected chi connectivity index (χ4v) is 5.11. The van der Waals surface area contributed by atoms with Gasteiger partial charge in [0, 0.05) is 25.6 Å². The van der Waals surface area contributed by atoms with Crippen LogP contribution < -0.4 is 5.32 Å². The largest absolute Gasteiger partial charge is 0.356 e. The fraction of sp³-hybridized carbons (Fsp3) is 0.409. The Kier molecular flexibility index (Phi) is 6.86. The molecule has 1 saturated heterocycles. The number of carbonyl (C=O) groups excluding carboxylic acids is 1. The number of aryl methyl sites for hydroxylation is 2. The molecule has 0 aromatic heterocycles. The van der Waals surface area contributed by atoms with Gasteiger partial charge in [0.15, 0.2) is 0 Å². The average molecular weight is 401 g/mol. The van der Waals surface area contributed by atoms with Gasteiger partial charge in [-0.1, -0.05) is 48.0 Å². The molecule has 28 heavy (non-hydrogen) atoms. The van der Waals surface area contributed by atoms with E-state index in [9.17, 15) is 13.2 Å². The molecule has 1 fully saturated rings. The number of benzene rings is 2. The molecular formula is C22H28N2O3S. The van der Waals surface area contributed by atoms with Crippen LogP contribution in [0.15, 0.2) is 59.5 Å². The predicted molar refractivity (Wildman–Crippen MR) is 110 cm³/mol. The van der Waals surface area contributed by atoms with Crippen LogP contribution >= 0.6 is 0 Å². The number of hydrogen-bond acceptors (Lipinski definition) is 3.